The Hall–Kier alpha value is -0.730. The molecule has 0 unspecified atom stereocenters. The lowest BCUT2D eigenvalue weighted by molar-refractivity contribution is -0.138. The van der Waals surface area contributed by atoms with E-state index in [9.17, 15) is 13.2 Å². The molecular formula is C9H4BrClF3N. The van der Waals surface area contributed by atoms with Crippen molar-refractivity contribution in [3.8, 4) is 6.07 Å². The summed E-state index contributed by atoms with van der Waals surface area (Å²) in [4.78, 5) is 0. The van der Waals surface area contributed by atoms with Crippen LogP contribution in [0, 0.1) is 11.3 Å². The van der Waals surface area contributed by atoms with Gasteiger partial charge in [-0.2, -0.15) is 18.4 Å². The SMILES string of the molecule is N#CCc1ccc(C(F)(F)F)c(Br)c1Cl. The highest BCUT2D eigenvalue weighted by molar-refractivity contribution is 9.10. The first-order valence-electron chi connectivity index (χ1n) is 3.79. The van der Waals surface area contributed by atoms with Crippen molar-refractivity contribution in [1.82, 2.24) is 0 Å². The van der Waals surface area contributed by atoms with Crippen molar-refractivity contribution in [2.45, 2.75) is 12.6 Å². The Kier molecular flexibility index (Phi) is 3.63. The van der Waals surface area contributed by atoms with E-state index in [1.807, 2.05) is 6.07 Å². The zero-order chi connectivity index (χ0) is 11.6. The van der Waals surface area contributed by atoms with Gasteiger partial charge in [-0.3, -0.25) is 0 Å². The third-order valence-corrected chi connectivity index (χ3v) is 3.22. The van der Waals surface area contributed by atoms with Crippen LogP contribution in [0.15, 0.2) is 16.6 Å². The highest BCUT2D eigenvalue weighted by Gasteiger charge is 2.34. The number of rotatable bonds is 1. The van der Waals surface area contributed by atoms with Crippen LogP contribution in [0.1, 0.15) is 11.1 Å². The van der Waals surface area contributed by atoms with Crippen LogP contribution in [0.4, 0.5) is 13.2 Å². The highest BCUT2D eigenvalue weighted by Crippen LogP contribution is 2.39. The summed E-state index contributed by atoms with van der Waals surface area (Å²) in [6, 6.07) is 3.94. The molecule has 0 aromatic heterocycles. The number of nitrogens with zero attached hydrogens (tertiary/aromatic N) is 1. The molecule has 0 bridgehead atoms. The molecule has 0 amide bonds. The Bertz CT molecular complexity index is 423. The molecule has 0 radical (unpaired) electrons. The molecular weight excluding hydrogens is 294 g/mol. The van der Waals surface area contributed by atoms with Crippen LogP contribution in [-0.2, 0) is 12.6 Å². The van der Waals surface area contributed by atoms with E-state index in [1.165, 1.54) is 6.07 Å². The van der Waals surface area contributed by atoms with Crippen LogP contribution in [-0.4, -0.2) is 0 Å². The lowest BCUT2D eigenvalue weighted by Crippen LogP contribution is -2.06. The highest BCUT2D eigenvalue weighted by atomic mass is 79.9. The summed E-state index contributed by atoms with van der Waals surface area (Å²) in [5.74, 6) is 0. The minimum absolute atomic E-state index is 0.0183. The fourth-order valence-electron chi connectivity index (χ4n) is 1.03. The molecule has 0 saturated carbocycles. The molecule has 0 aliphatic heterocycles. The van der Waals surface area contributed by atoms with Crippen molar-refractivity contribution in [2.75, 3.05) is 0 Å². The zero-order valence-corrected chi connectivity index (χ0v) is 9.54. The zero-order valence-electron chi connectivity index (χ0n) is 7.20. The summed E-state index contributed by atoms with van der Waals surface area (Å²) in [6.07, 6.45) is -4.47. The van der Waals surface area contributed by atoms with Crippen molar-refractivity contribution in [2.24, 2.45) is 0 Å². The van der Waals surface area contributed by atoms with Crippen molar-refractivity contribution >= 4 is 27.5 Å². The molecule has 0 fully saturated rings. The van der Waals surface area contributed by atoms with Crippen molar-refractivity contribution in [3.63, 3.8) is 0 Å². The van der Waals surface area contributed by atoms with E-state index in [-0.39, 0.29) is 15.9 Å². The van der Waals surface area contributed by atoms with E-state index in [4.69, 9.17) is 16.9 Å². The quantitative estimate of drug-likeness (QED) is 0.762. The van der Waals surface area contributed by atoms with Crippen LogP contribution in [0.5, 0.6) is 0 Å². The van der Waals surface area contributed by atoms with Gasteiger partial charge in [0.25, 0.3) is 0 Å². The number of nitriles is 1. The fraction of sp³-hybridized carbons (Fsp3) is 0.222. The summed E-state index contributed by atoms with van der Waals surface area (Å²) in [5, 5.41) is 8.35. The van der Waals surface area contributed by atoms with E-state index >= 15 is 0 Å². The summed E-state index contributed by atoms with van der Waals surface area (Å²) < 4.78 is 37.0. The Balaban J connectivity index is 3.29. The first-order chi connectivity index (χ1) is 6.88. The van der Waals surface area contributed by atoms with Crippen LogP contribution in [0.25, 0.3) is 0 Å². The molecule has 0 aliphatic carbocycles. The first-order valence-corrected chi connectivity index (χ1v) is 4.96. The van der Waals surface area contributed by atoms with Gasteiger partial charge in [0.05, 0.1) is 23.1 Å². The predicted octanol–water partition coefficient (Wildman–Crippen LogP) is 4.19. The monoisotopic (exact) mass is 297 g/mol. The summed E-state index contributed by atoms with van der Waals surface area (Å²) >= 11 is 8.46. The maximum atomic E-state index is 12.4. The number of benzene rings is 1. The molecule has 0 saturated heterocycles. The third kappa shape index (κ3) is 2.64. The summed E-state index contributed by atoms with van der Waals surface area (Å²) in [5.41, 5.74) is -0.465. The van der Waals surface area contributed by atoms with E-state index in [0.717, 1.165) is 6.07 Å². The lowest BCUT2D eigenvalue weighted by Gasteiger charge is -2.11. The standard InChI is InChI=1S/C9H4BrClF3N/c10-7-6(9(12,13)14)2-1-5(3-4-15)8(7)11/h1-2H,3H2. The second-order valence-corrected chi connectivity index (χ2v) is 3.90. The molecule has 0 N–H and O–H groups in total. The minimum Gasteiger partial charge on any atom is -0.198 e. The number of hydrogen-bond acceptors (Lipinski definition) is 1. The average Bonchev–Trinajstić information content (AvgIpc) is 2.11. The van der Waals surface area contributed by atoms with Gasteiger partial charge in [-0.25, -0.2) is 0 Å². The smallest absolute Gasteiger partial charge is 0.198 e. The van der Waals surface area contributed by atoms with Gasteiger partial charge < -0.3 is 0 Å². The molecule has 0 aliphatic rings. The van der Waals surface area contributed by atoms with Crippen molar-refractivity contribution in [1.29, 1.82) is 5.26 Å². The molecule has 15 heavy (non-hydrogen) atoms. The molecule has 6 heteroatoms. The number of alkyl halides is 3. The lowest BCUT2D eigenvalue weighted by atomic mass is 10.1. The molecule has 0 spiro atoms. The number of hydrogen-bond donors (Lipinski definition) is 0. The largest absolute Gasteiger partial charge is 0.417 e. The third-order valence-electron chi connectivity index (χ3n) is 1.74. The molecule has 1 rings (SSSR count). The van der Waals surface area contributed by atoms with Crippen molar-refractivity contribution < 1.29 is 13.2 Å². The van der Waals surface area contributed by atoms with Gasteiger partial charge in [0, 0.05) is 4.47 Å². The van der Waals surface area contributed by atoms with E-state index in [1.54, 1.807) is 0 Å². The van der Waals surface area contributed by atoms with Gasteiger partial charge in [-0.1, -0.05) is 17.7 Å². The molecule has 1 aromatic rings. The Morgan fingerprint density at radius 1 is 1.40 bits per heavy atom. The summed E-state index contributed by atoms with van der Waals surface area (Å²) in [6.45, 7) is 0. The number of halogens is 5. The van der Waals surface area contributed by atoms with Crippen molar-refractivity contribution in [3.05, 3.63) is 32.8 Å². The maximum absolute atomic E-state index is 12.4. The van der Waals surface area contributed by atoms with E-state index in [2.05, 4.69) is 15.9 Å². The minimum atomic E-state index is -4.45. The first kappa shape index (κ1) is 12.3. The van der Waals surface area contributed by atoms with Gasteiger partial charge >= 0.3 is 6.18 Å². The second-order valence-electron chi connectivity index (χ2n) is 2.73. The molecule has 1 nitrogen and oxygen atoms in total. The topological polar surface area (TPSA) is 23.8 Å². The molecule has 1 aromatic carbocycles. The Morgan fingerprint density at radius 3 is 2.47 bits per heavy atom. The van der Waals surface area contributed by atoms with Crippen LogP contribution < -0.4 is 0 Å². The molecule has 0 atom stereocenters. The van der Waals surface area contributed by atoms with Crippen LogP contribution in [0.2, 0.25) is 5.02 Å². The summed E-state index contributed by atoms with van der Waals surface area (Å²) in [7, 11) is 0. The average molecular weight is 298 g/mol. The van der Waals surface area contributed by atoms with Gasteiger partial charge in [0.2, 0.25) is 0 Å². The van der Waals surface area contributed by atoms with E-state index < -0.39 is 11.7 Å². The van der Waals surface area contributed by atoms with Crippen LogP contribution >= 0.6 is 27.5 Å². The molecule has 0 heterocycles. The fourth-order valence-corrected chi connectivity index (χ4v) is 1.87. The Morgan fingerprint density at radius 2 is 2.00 bits per heavy atom. The predicted molar refractivity (Wildman–Crippen MR) is 53.5 cm³/mol. The Labute approximate surface area is 97.6 Å². The van der Waals surface area contributed by atoms with Gasteiger partial charge in [0.15, 0.2) is 0 Å². The van der Waals surface area contributed by atoms with Gasteiger partial charge in [-0.15, -0.1) is 0 Å². The van der Waals surface area contributed by atoms with Gasteiger partial charge in [0.1, 0.15) is 0 Å². The van der Waals surface area contributed by atoms with Gasteiger partial charge in [-0.05, 0) is 27.6 Å². The second kappa shape index (κ2) is 4.42. The van der Waals surface area contributed by atoms with Crippen LogP contribution in [0.3, 0.4) is 0 Å². The molecule has 80 valence electrons. The normalized spacial score (nSPS) is 11.2. The maximum Gasteiger partial charge on any atom is 0.417 e. The van der Waals surface area contributed by atoms with E-state index in [0.29, 0.717) is 5.56 Å².